The molecule has 0 aromatic carbocycles. The average molecular weight is 667 g/mol. The summed E-state index contributed by atoms with van der Waals surface area (Å²) in [4.78, 5) is 47.2. The van der Waals surface area contributed by atoms with Crippen LogP contribution in [0.15, 0.2) is 35.1 Å². The Balaban J connectivity index is 1.29. The van der Waals surface area contributed by atoms with E-state index in [9.17, 15) is 27.9 Å². The first-order valence-electron chi connectivity index (χ1n) is 13.7. The summed E-state index contributed by atoms with van der Waals surface area (Å²) in [5.41, 5.74) is 6.07. The Kier molecular flexibility index (Phi) is 8.82. The van der Waals surface area contributed by atoms with Gasteiger partial charge < -0.3 is 25.7 Å². The number of nitrogens with one attached hydrogen (secondary N) is 1. The van der Waals surface area contributed by atoms with E-state index in [0.29, 0.717) is 16.7 Å². The fourth-order valence-electron chi connectivity index (χ4n) is 5.06. The molecule has 0 bridgehead atoms. The van der Waals surface area contributed by atoms with Crippen LogP contribution in [0.1, 0.15) is 31.7 Å². The molecule has 17 nitrogen and oxygen atoms in total. The molecule has 5 rings (SSSR count). The SMILES string of the molecule is Cn1c(CC2CNC2)c[n+]2cc(OC[C@H](O/N=C(\C(=O)C[C@@H]3C(=O)N(OS(=O)(=O)O)C3(C)C)c3csc(N)n3)C(=O)O)ccc12. The fourth-order valence-corrected chi connectivity index (χ4v) is 6.06. The smallest absolute Gasteiger partial charge is 0.418 e. The van der Waals surface area contributed by atoms with Crippen molar-refractivity contribution in [2.24, 2.45) is 24.0 Å². The molecule has 2 saturated heterocycles. The number of ether oxygens (including phenoxy) is 1. The van der Waals surface area contributed by atoms with Crippen molar-refractivity contribution in [2.75, 3.05) is 25.4 Å². The lowest BCUT2D eigenvalue weighted by Gasteiger charge is -2.50. The Morgan fingerprint density at radius 2 is 2.04 bits per heavy atom. The van der Waals surface area contributed by atoms with Crippen LogP contribution >= 0.6 is 11.3 Å². The van der Waals surface area contributed by atoms with Crippen molar-refractivity contribution in [2.45, 2.75) is 38.3 Å². The zero-order valence-corrected chi connectivity index (χ0v) is 26.1. The van der Waals surface area contributed by atoms with Crippen LogP contribution in [0.2, 0.25) is 0 Å². The Labute approximate surface area is 261 Å². The van der Waals surface area contributed by atoms with Gasteiger partial charge in [-0.2, -0.15) is 17.9 Å². The molecule has 2 aliphatic rings. The Bertz CT molecular complexity index is 1780. The number of nitrogen functional groups attached to an aromatic ring is 1. The van der Waals surface area contributed by atoms with E-state index in [-0.39, 0.29) is 10.8 Å². The number of rotatable bonds is 14. The molecule has 0 aliphatic carbocycles. The van der Waals surface area contributed by atoms with E-state index in [1.807, 2.05) is 23.7 Å². The number of nitrogens with two attached hydrogens (primary N) is 1. The normalized spacial score (nSPS) is 19.2. The highest BCUT2D eigenvalue weighted by Gasteiger charge is 2.57. The maximum Gasteiger partial charge on any atom is 0.418 e. The Hall–Kier alpha value is -4.17. The number of imidazole rings is 1. The molecule has 19 heteroatoms. The van der Waals surface area contributed by atoms with Crippen LogP contribution in [-0.2, 0) is 47.4 Å². The van der Waals surface area contributed by atoms with Gasteiger partial charge in [0.05, 0.1) is 18.5 Å². The molecule has 0 unspecified atom stereocenters. The van der Waals surface area contributed by atoms with Crippen LogP contribution in [0.3, 0.4) is 0 Å². The molecule has 0 saturated carbocycles. The van der Waals surface area contributed by atoms with Crippen LogP contribution < -0.4 is 20.2 Å². The van der Waals surface area contributed by atoms with E-state index in [1.165, 1.54) is 19.2 Å². The number of pyridine rings is 1. The number of carboxylic acid groups (broad SMARTS) is 1. The molecule has 1 amide bonds. The third-order valence-electron chi connectivity index (χ3n) is 7.76. The minimum absolute atomic E-state index is 0.0115. The van der Waals surface area contributed by atoms with E-state index in [4.69, 9.17) is 19.9 Å². The number of β-lactam (4-membered cyclic amide) rings is 1. The number of thiazole rings is 1. The molecule has 2 fully saturated rings. The number of carbonyl (C=O) groups excluding carboxylic acids is 2. The average Bonchev–Trinajstić information content (AvgIpc) is 3.50. The topological polar surface area (TPSA) is 229 Å². The van der Waals surface area contributed by atoms with Crippen molar-refractivity contribution in [3.8, 4) is 5.75 Å². The van der Waals surface area contributed by atoms with Crippen molar-refractivity contribution < 1.29 is 50.7 Å². The van der Waals surface area contributed by atoms with Gasteiger partial charge in [0.15, 0.2) is 22.4 Å². The van der Waals surface area contributed by atoms with Gasteiger partial charge in [-0.05, 0) is 38.9 Å². The van der Waals surface area contributed by atoms with Gasteiger partial charge in [-0.25, -0.2) is 14.3 Å². The van der Waals surface area contributed by atoms with Crippen LogP contribution in [0, 0.1) is 11.8 Å². The number of aromatic nitrogens is 3. The van der Waals surface area contributed by atoms with Crippen LogP contribution in [0.4, 0.5) is 5.13 Å². The second-order valence-corrected chi connectivity index (χ2v) is 13.2. The minimum Gasteiger partial charge on any atom is -0.485 e. The third kappa shape index (κ3) is 6.91. The highest BCUT2D eigenvalue weighted by Crippen LogP contribution is 2.40. The molecule has 0 radical (unpaired) electrons. The first kappa shape index (κ1) is 32.2. The predicted molar refractivity (Wildman–Crippen MR) is 156 cm³/mol. The second kappa shape index (κ2) is 12.3. The molecule has 45 heavy (non-hydrogen) atoms. The summed E-state index contributed by atoms with van der Waals surface area (Å²) < 4.78 is 45.2. The summed E-state index contributed by atoms with van der Waals surface area (Å²) in [5, 5.41) is 18.8. The predicted octanol–water partition coefficient (Wildman–Crippen LogP) is -0.252. The Morgan fingerprint density at radius 3 is 2.62 bits per heavy atom. The number of hydrogen-bond donors (Lipinski definition) is 4. The summed E-state index contributed by atoms with van der Waals surface area (Å²) in [7, 11) is -3.01. The van der Waals surface area contributed by atoms with Crippen molar-refractivity contribution in [1.82, 2.24) is 19.9 Å². The summed E-state index contributed by atoms with van der Waals surface area (Å²) in [6.45, 7) is 4.35. The standard InChI is InChI=1S/C26H31N7O10S2/c1-26(2)17(23(35)33(26)43-45(38,39)40)7-19(34)22(18-13-44-25(27)29-18)30-42-20(24(36)37)12-41-16-4-5-21-31(3)15(10-32(21)11-16)6-14-8-28-9-14/h4-5,10-11,13-14,17,20,28H,6-9,12H2,1-3H3,(H3-,27,29,36,37,38,39,40)/p+1/b30-22-/t17-,20+/m1/s1. The minimum atomic E-state index is -4.98. The van der Waals surface area contributed by atoms with Crippen molar-refractivity contribution in [3.63, 3.8) is 0 Å². The molecule has 3 aromatic heterocycles. The van der Waals surface area contributed by atoms with E-state index < -0.39 is 64.4 Å². The number of ketones is 1. The third-order valence-corrected chi connectivity index (χ3v) is 8.77. The number of amides is 1. The number of fused-ring (bicyclic) bond motifs is 1. The molecule has 2 aliphatic heterocycles. The van der Waals surface area contributed by atoms with Gasteiger partial charge >= 0.3 is 16.4 Å². The zero-order chi connectivity index (χ0) is 32.7. The van der Waals surface area contributed by atoms with Gasteiger partial charge in [0.25, 0.3) is 17.7 Å². The highest BCUT2D eigenvalue weighted by molar-refractivity contribution is 7.80. The molecule has 242 valence electrons. The number of Topliss-reactive ketones (excluding diaryl/α,β-unsaturated/α-hetero) is 1. The lowest BCUT2D eigenvalue weighted by Crippen LogP contribution is -2.68. The first-order valence-corrected chi connectivity index (χ1v) is 15.9. The maximum atomic E-state index is 13.3. The summed E-state index contributed by atoms with van der Waals surface area (Å²) in [6, 6.07) is 3.55. The van der Waals surface area contributed by atoms with Gasteiger partial charge in [-0.15, -0.1) is 15.6 Å². The summed E-state index contributed by atoms with van der Waals surface area (Å²) in [5.74, 6) is -3.17. The van der Waals surface area contributed by atoms with Gasteiger partial charge in [-0.1, -0.05) is 5.16 Å². The van der Waals surface area contributed by atoms with Crippen molar-refractivity contribution in [3.05, 3.63) is 41.3 Å². The number of carboxylic acids is 1. The molecular weight excluding hydrogens is 634 g/mol. The quantitative estimate of drug-likeness (QED) is 0.0573. The monoisotopic (exact) mass is 666 g/mol. The number of hydrogen-bond acceptors (Lipinski definition) is 13. The summed E-state index contributed by atoms with van der Waals surface area (Å²) >= 11 is 0.995. The van der Waals surface area contributed by atoms with Crippen LogP contribution in [0.25, 0.3) is 5.65 Å². The number of anilines is 1. The Morgan fingerprint density at radius 1 is 1.31 bits per heavy atom. The highest BCUT2D eigenvalue weighted by atomic mass is 32.3. The molecule has 5 heterocycles. The largest absolute Gasteiger partial charge is 0.485 e. The van der Waals surface area contributed by atoms with E-state index >= 15 is 0 Å². The number of oxime groups is 1. The molecule has 5 N–H and O–H groups in total. The second-order valence-electron chi connectivity index (χ2n) is 11.3. The lowest BCUT2D eigenvalue weighted by atomic mass is 9.74. The fraction of sp³-hybridized carbons (Fsp3) is 0.462. The lowest BCUT2D eigenvalue weighted by molar-refractivity contribution is -0.511. The number of aliphatic carboxylic acids is 1. The van der Waals surface area contributed by atoms with Crippen molar-refractivity contribution >= 4 is 55.9 Å². The van der Waals surface area contributed by atoms with Crippen LogP contribution in [0.5, 0.6) is 5.75 Å². The van der Waals surface area contributed by atoms with Crippen molar-refractivity contribution in [1.29, 1.82) is 0 Å². The van der Waals surface area contributed by atoms with E-state index in [1.54, 1.807) is 12.3 Å². The maximum absolute atomic E-state index is 13.3. The number of carbonyl (C=O) groups is 3. The molecule has 2 atom stereocenters. The molecule has 0 spiro atoms. The van der Waals surface area contributed by atoms with Gasteiger partial charge in [-0.3, -0.25) is 14.1 Å². The molecular formula is C26H32N7O10S2+. The van der Waals surface area contributed by atoms with Gasteiger partial charge in [0.2, 0.25) is 0 Å². The van der Waals surface area contributed by atoms with E-state index in [2.05, 4.69) is 24.3 Å². The number of aryl methyl sites for hydroxylation is 1. The van der Waals surface area contributed by atoms with Gasteiger partial charge in [0.1, 0.15) is 30.4 Å². The van der Waals surface area contributed by atoms with Gasteiger partial charge in [0, 0.05) is 24.3 Å². The molecule has 3 aromatic rings. The number of nitrogens with zero attached hydrogens (tertiary/aromatic N) is 5. The first-order chi connectivity index (χ1) is 21.1. The zero-order valence-electron chi connectivity index (χ0n) is 24.4. The van der Waals surface area contributed by atoms with Crippen LogP contribution in [-0.4, -0.2) is 87.4 Å². The van der Waals surface area contributed by atoms with E-state index in [0.717, 1.165) is 42.2 Å². The summed E-state index contributed by atoms with van der Waals surface area (Å²) in [6.07, 6.45) is 2.51. The number of hydroxylamine groups is 2.